The molecular weight excluding hydrogens is 381 g/mol. The van der Waals surface area contributed by atoms with E-state index in [0.29, 0.717) is 23.1 Å². The third kappa shape index (κ3) is 3.52. The van der Waals surface area contributed by atoms with Crippen LogP contribution in [0.2, 0.25) is 10.0 Å². The minimum Gasteiger partial charge on any atom is -0.508 e. The molecule has 2 aliphatic rings. The number of benzene rings is 2. The van der Waals surface area contributed by atoms with E-state index in [4.69, 9.17) is 28.9 Å². The molecule has 0 saturated heterocycles. The van der Waals surface area contributed by atoms with Gasteiger partial charge in [-0.2, -0.15) is 0 Å². The zero-order valence-electron chi connectivity index (χ0n) is 15.1. The van der Waals surface area contributed by atoms with Gasteiger partial charge in [-0.15, -0.1) is 0 Å². The Balaban J connectivity index is 1.48. The maximum absolute atomic E-state index is 9.91. The highest BCUT2D eigenvalue weighted by Gasteiger charge is 2.27. The van der Waals surface area contributed by atoms with Gasteiger partial charge >= 0.3 is 0 Å². The van der Waals surface area contributed by atoms with Crippen LogP contribution in [0.4, 0.5) is 0 Å². The van der Waals surface area contributed by atoms with Gasteiger partial charge in [0.15, 0.2) is 5.96 Å². The van der Waals surface area contributed by atoms with Crippen molar-refractivity contribution in [3.63, 3.8) is 0 Å². The number of nitrogens with zero attached hydrogens (tertiary/aromatic N) is 2. The molecule has 0 amide bonds. The molecular formula is C21H21Cl2N3O. The Morgan fingerprint density at radius 3 is 2.85 bits per heavy atom. The predicted octanol–water partition coefficient (Wildman–Crippen LogP) is 4.54. The van der Waals surface area contributed by atoms with Crippen molar-refractivity contribution in [3.05, 3.63) is 68.2 Å². The summed E-state index contributed by atoms with van der Waals surface area (Å²) >= 11 is 12.3. The number of hydrogen-bond donors (Lipinski definition) is 2. The zero-order chi connectivity index (χ0) is 19.1. The van der Waals surface area contributed by atoms with Gasteiger partial charge in [0, 0.05) is 28.7 Å². The fourth-order valence-corrected chi connectivity index (χ4v) is 4.22. The summed E-state index contributed by atoms with van der Waals surface area (Å²) in [7, 11) is 0. The molecule has 0 saturated carbocycles. The number of aliphatic imine (C=N–C) groups is 1. The molecule has 1 aliphatic heterocycles. The minimum absolute atomic E-state index is 0.182. The fourth-order valence-electron chi connectivity index (χ4n) is 3.81. The van der Waals surface area contributed by atoms with Gasteiger partial charge in [0.05, 0.1) is 6.54 Å². The summed E-state index contributed by atoms with van der Waals surface area (Å²) in [4.78, 5) is 6.63. The Kier molecular flexibility index (Phi) is 4.79. The SMILES string of the molecule is Cc1c(O)cc(CN=C(N)N2CCC3=C(Cc4ccc(Cl)cc43)C2)cc1Cl. The van der Waals surface area contributed by atoms with Crippen molar-refractivity contribution in [2.24, 2.45) is 10.7 Å². The lowest BCUT2D eigenvalue weighted by atomic mass is 9.99. The van der Waals surface area contributed by atoms with Crippen molar-refractivity contribution in [1.29, 1.82) is 0 Å². The van der Waals surface area contributed by atoms with Gasteiger partial charge in [0.2, 0.25) is 0 Å². The van der Waals surface area contributed by atoms with Crippen LogP contribution in [0.25, 0.3) is 5.57 Å². The van der Waals surface area contributed by atoms with Gasteiger partial charge in [-0.1, -0.05) is 29.3 Å². The van der Waals surface area contributed by atoms with E-state index in [1.54, 1.807) is 13.0 Å². The Hall–Kier alpha value is -2.17. The molecule has 0 aromatic heterocycles. The molecule has 1 heterocycles. The van der Waals surface area contributed by atoms with Crippen LogP contribution in [-0.4, -0.2) is 29.1 Å². The molecule has 3 N–H and O–H groups in total. The summed E-state index contributed by atoms with van der Waals surface area (Å²) in [6.07, 6.45) is 1.89. The topological polar surface area (TPSA) is 61.9 Å². The lowest BCUT2D eigenvalue weighted by molar-refractivity contribution is 0.438. The largest absolute Gasteiger partial charge is 0.508 e. The standard InChI is InChI=1S/C21H21Cl2N3O/c1-12-19(23)6-13(7-20(12)27)10-25-21(24)26-5-4-17-15(11-26)8-14-2-3-16(22)9-18(14)17/h2-3,6-7,9,27H,4-5,8,10-11H2,1H3,(H2,24,25). The first-order valence-corrected chi connectivity index (χ1v) is 9.70. The van der Waals surface area contributed by atoms with Crippen molar-refractivity contribution in [3.8, 4) is 5.75 Å². The monoisotopic (exact) mass is 401 g/mol. The van der Waals surface area contributed by atoms with E-state index in [9.17, 15) is 5.11 Å². The number of nitrogens with two attached hydrogens (primary N) is 1. The quantitative estimate of drug-likeness (QED) is 0.573. The number of fused-ring (bicyclic) bond motifs is 2. The van der Waals surface area contributed by atoms with E-state index in [1.165, 1.54) is 22.3 Å². The third-order valence-electron chi connectivity index (χ3n) is 5.37. The first-order valence-electron chi connectivity index (χ1n) is 8.95. The van der Waals surface area contributed by atoms with E-state index in [2.05, 4.69) is 22.0 Å². The van der Waals surface area contributed by atoms with Crippen LogP contribution >= 0.6 is 23.2 Å². The predicted molar refractivity (Wildman–Crippen MR) is 111 cm³/mol. The Labute approximate surface area is 168 Å². The summed E-state index contributed by atoms with van der Waals surface area (Å²) in [5.74, 6) is 0.702. The highest BCUT2D eigenvalue weighted by Crippen LogP contribution is 2.39. The van der Waals surface area contributed by atoms with Crippen molar-refractivity contribution < 1.29 is 5.11 Å². The maximum atomic E-state index is 9.91. The van der Waals surface area contributed by atoms with Crippen LogP contribution in [0.3, 0.4) is 0 Å². The van der Waals surface area contributed by atoms with Crippen LogP contribution in [0.1, 0.15) is 28.7 Å². The average molecular weight is 402 g/mol. The molecule has 2 aromatic carbocycles. The summed E-state index contributed by atoms with van der Waals surface area (Å²) in [6, 6.07) is 9.65. The maximum Gasteiger partial charge on any atom is 0.191 e. The molecule has 140 valence electrons. The van der Waals surface area contributed by atoms with Gasteiger partial charge in [-0.25, -0.2) is 4.99 Å². The van der Waals surface area contributed by atoms with Crippen molar-refractivity contribution in [1.82, 2.24) is 4.90 Å². The van der Waals surface area contributed by atoms with Crippen LogP contribution in [0, 0.1) is 6.92 Å². The fraction of sp³-hybridized carbons (Fsp3) is 0.286. The normalized spacial score (nSPS) is 16.6. The highest BCUT2D eigenvalue weighted by atomic mass is 35.5. The number of phenolic OH excluding ortho intramolecular Hbond substituents is 1. The first-order chi connectivity index (χ1) is 12.9. The molecule has 0 fully saturated rings. The first kappa shape index (κ1) is 18.2. The number of rotatable bonds is 2. The third-order valence-corrected chi connectivity index (χ3v) is 5.99. The van der Waals surface area contributed by atoms with Crippen molar-refractivity contribution in [2.45, 2.75) is 26.3 Å². The van der Waals surface area contributed by atoms with Gasteiger partial charge in [0.25, 0.3) is 0 Å². The molecule has 2 aromatic rings. The van der Waals surface area contributed by atoms with Gasteiger partial charge < -0.3 is 15.7 Å². The molecule has 1 aliphatic carbocycles. The van der Waals surface area contributed by atoms with Gasteiger partial charge in [0.1, 0.15) is 5.75 Å². The average Bonchev–Trinajstić information content (AvgIpc) is 3.01. The van der Waals surface area contributed by atoms with Gasteiger partial charge in [-0.05, 0) is 71.9 Å². The molecule has 4 rings (SSSR count). The molecule has 0 bridgehead atoms. The number of hydrogen-bond acceptors (Lipinski definition) is 2. The van der Waals surface area contributed by atoms with Crippen LogP contribution < -0.4 is 5.73 Å². The summed E-state index contributed by atoms with van der Waals surface area (Å²) < 4.78 is 0. The minimum atomic E-state index is 0.182. The molecule has 0 atom stereocenters. The lowest BCUT2D eigenvalue weighted by Crippen LogP contribution is -2.41. The van der Waals surface area contributed by atoms with E-state index in [-0.39, 0.29) is 5.75 Å². The Morgan fingerprint density at radius 1 is 1.26 bits per heavy atom. The molecule has 0 unspecified atom stereocenters. The number of guanidine groups is 1. The van der Waals surface area contributed by atoms with Gasteiger partial charge in [-0.3, -0.25) is 0 Å². The highest BCUT2D eigenvalue weighted by molar-refractivity contribution is 6.31. The smallest absolute Gasteiger partial charge is 0.191 e. The molecule has 6 heteroatoms. The van der Waals surface area contributed by atoms with Crippen LogP contribution in [0.15, 0.2) is 40.9 Å². The Bertz CT molecular complexity index is 958. The summed E-state index contributed by atoms with van der Waals surface area (Å²) in [5.41, 5.74) is 13.2. The zero-order valence-corrected chi connectivity index (χ0v) is 16.6. The van der Waals surface area contributed by atoms with Crippen molar-refractivity contribution >= 4 is 34.7 Å². The lowest BCUT2D eigenvalue weighted by Gasteiger charge is -2.29. The summed E-state index contributed by atoms with van der Waals surface area (Å²) in [6.45, 7) is 3.79. The van der Waals surface area contributed by atoms with Crippen LogP contribution in [-0.2, 0) is 13.0 Å². The Morgan fingerprint density at radius 2 is 2.07 bits per heavy atom. The summed E-state index contributed by atoms with van der Waals surface area (Å²) in [5, 5.41) is 11.2. The van der Waals surface area contributed by atoms with Crippen LogP contribution in [0.5, 0.6) is 5.75 Å². The second kappa shape index (κ2) is 7.10. The number of aromatic hydroxyl groups is 1. The van der Waals surface area contributed by atoms with E-state index in [0.717, 1.165) is 36.5 Å². The van der Waals surface area contributed by atoms with E-state index < -0.39 is 0 Å². The van der Waals surface area contributed by atoms with E-state index in [1.807, 2.05) is 12.1 Å². The second-order valence-electron chi connectivity index (χ2n) is 7.13. The number of halogens is 2. The molecule has 0 spiro atoms. The molecule has 27 heavy (non-hydrogen) atoms. The second-order valence-corrected chi connectivity index (χ2v) is 7.97. The molecule has 0 radical (unpaired) electrons. The molecule has 4 nitrogen and oxygen atoms in total. The number of phenols is 1. The van der Waals surface area contributed by atoms with E-state index >= 15 is 0 Å². The van der Waals surface area contributed by atoms with Crippen molar-refractivity contribution in [2.75, 3.05) is 13.1 Å².